The SMILES string of the molecule is Nc1cc(-c2ccco2)nn1-c1nc2c(c(=O)[nH]1)CCCC2. The van der Waals surface area contributed by atoms with E-state index in [0.29, 0.717) is 23.2 Å². The fourth-order valence-electron chi connectivity index (χ4n) is 2.80. The fraction of sp³-hybridized carbons (Fsp3) is 0.267. The van der Waals surface area contributed by atoms with Gasteiger partial charge in [0, 0.05) is 11.6 Å². The molecule has 0 amide bonds. The summed E-state index contributed by atoms with van der Waals surface area (Å²) in [7, 11) is 0. The van der Waals surface area contributed by atoms with E-state index in [0.717, 1.165) is 36.9 Å². The van der Waals surface area contributed by atoms with Crippen LogP contribution in [0.5, 0.6) is 0 Å². The van der Waals surface area contributed by atoms with Gasteiger partial charge >= 0.3 is 0 Å². The molecule has 3 aromatic rings. The van der Waals surface area contributed by atoms with Crippen molar-refractivity contribution in [3.63, 3.8) is 0 Å². The van der Waals surface area contributed by atoms with E-state index in [-0.39, 0.29) is 5.56 Å². The zero-order chi connectivity index (χ0) is 15.1. The van der Waals surface area contributed by atoms with E-state index in [1.54, 1.807) is 24.5 Å². The maximum atomic E-state index is 12.2. The molecule has 0 aliphatic heterocycles. The lowest BCUT2D eigenvalue weighted by Crippen LogP contribution is -2.24. The van der Waals surface area contributed by atoms with Gasteiger partial charge in [-0.25, -0.2) is 4.98 Å². The second-order valence-corrected chi connectivity index (χ2v) is 5.37. The highest BCUT2D eigenvalue weighted by molar-refractivity contribution is 5.57. The molecule has 1 aliphatic rings. The Kier molecular flexibility index (Phi) is 2.85. The molecule has 0 fully saturated rings. The normalized spacial score (nSPS) is 14.0. The van der Waals surface area contributed by atoms with E-state index in [2.05, 4.69) is 15.1 Å². The van der Waals surface area contributed by atoms with E-state index in [1.807, 2.05) is 0 Å². The summed E-state index contributed by atoms with van der Waals surface area (Å²) in [5.74, 6) is 1.36. The van der Waals surface area contributed by atoms with Crippen LogP contribution >= 0.6 is 0 Å². The van der Waals surface area contributed by atoms with Gasteiger partial charge in [0.05, 0.1) is 12.0 Å². The molecule has 4 rings (SSSR count). The van der Waals surface area contributed by atoms with Gasteiger partial charge in [0.1, 0.15) is 11.5 Å². The lowest BCUT2D eigenvalue weighted by molar-refractivity contribution is 0.578. The highest BCUT2D eigenvalue weighted by atomic mass is 16.3. The van der Waals surface area contributed by atoms with Crippen LogP contribution in [0, 0.1) is 0 Å². The minimum Gasteiger partial charge on any atom is -0.463 e. The van der Waals surface area contributed by atoms with Crippen molar-refractivity contribution < 1.29 is 4.42 Å². The molecule has 0 radical (unpaired) electrons. The first-order chi connectivity index (χ1) is 10.7. The van der Waals surface area contributed by atoms with Crippen LogP contribution in [0.1, 0.15) is 24.1 Å². The molecule has 0 spiro atoms. The fourth-order valence-corrected chi connectivity index (χ4v) is 2.80. The third-order valence-corrected chi connectivity index (χ3v) is 3.89. The van der Waals surface area contributed by atoms with Crippen LogP contribution in [0.2, 0.25) is 0 Å². The van der Waals surface area contributed by atoms with Crippen molar-refractivity contribution in [2.24, 2.45) is 0 Å². The van der Waals surface area contributed by atoms with Gasteiger partial charge in [0.25, 0.3) is 5.56 Å². The number of furan rings is 1. The number of H-pyrrole nitrogens is 1. The lowest BCUT2D eigenvalue weighted by Gasteiger charge is -2.14. The van der Waals surface area contributed by atoms with Crippen LogP contribution < -0.4 is 11.3 Å². The Bertz CT molecular complexity index is 876. The van der Waals surface area contributed by atoms with Gasteiger partial charge in [0.15, 0.2) is 5.76 Å². The van der Waals surface area contributed by atoms with Crippen molar-refractivity contribution in [2.45, 2.75) is 25.7 Å². The molecule has 3 N–H and O–H groups in total. The number of nitrogens with zero attached hydrogens (tertiary/aromatic N) is 3. The zero-order valence-electron chi connectivity index (χ0n) is 11.9. The van der Waals surface area contributed by atoms with E-state index in [4.69, 9.17) is 10.2 Å². The Morgan fingerprint density at radius 2 is 2.18 bits per heavy atom. The number of nitrogens with two attached hydrogens (primary N) is 1. The molecule has 3 aromatic heterocycles. The standard InChI is InChI=1S/C15H15N5O2/c16-13-8-11(12-6-3-7-22-12)19-20(13)15-17-10-5-2-1-4-9(10)14(21)18-15/h3,6-8H,1-2,4-5,16H2,(H,17,18,21). The largest absolute Gasteiger partial charge is 0.463 e. The highest BCUT2D eigenvalue weighted by Crippen LogP contribution is 2.23. The lowest BCUT2D eigenvalue weighted by atomic mass is 9.97. The number of anilines is 1. The van der Waals surface area contributed by atoms with E-state index >= 15 is 0 Å². The number of hydrogen-bond acceptors (Lipinski definition) is 5. The number of aryl methyl sites for hydroxylation is 1. The highest BCUT2D eigenvalue weighted by Gasteiger charge is 2.18. The minimum absolute atomic E-state index is 0.103. The van der Waals surface area contributed by atoms with Crippen molar-refractivity contribution in [1.29, 1.82) is 0 Å². The van der Waals surface area contributed by atoms with E-state index in [9.17, 15) is 4.79 Å². The van der Waals surface area contributed by atoms with Crippen LogP contribution in [-0.2, 0) is 12.8 Å². The molecule has 7 heteroatoms. The first kappa shape index (κ1) is 12.9. The molecule has 0 bridgehead atoms. The average molecular weight is 297 g/mol. The molecule has 3 heterocycles. The first-order valence-corrected chi connectivity index (χ1v) is 7.24. The quantitative estimate of drug-likeness (QED) is 0.749. The Labute approximate surface area is 125 Å². The van der Waals surface area contributed by atoms with Crippen LogP contribution in [0.3, 0.4) is 0 Å². The number of aromatic nitrogens is 4. The summed E-state index contributed by atoms with van der Waals surface area (Å²) in [6.45, 7) is 0. The molecule has 112 valence electrons. The summed E-state index contributed by atoms with van der Waals surface area (Å²) in [5.41, 5.74) is 8.13. The van der Waals surface area contributed by atoms with Crippen LogP contribution in [-0.4, -0.2) is 19.7 Å². The number of rotatable bonds is 2. The molecule has 0 saturated heterocycles. The van der Waals surface area contributed by atoms with E-state index in [1.165, 1.54) is 4.68 Å². The van der Waals surface area contributed by atoms with Crippen LogP contribution in [0.4, 0.5) is 5.82 Å². The van der Waals surface area contributed by atoms with Gasteiger partial charge in [-0.1, -0.05) is 0 Å². The Balaban J connectivity index is 1.82. The van der Waals surface area contributed by atoms with Gasteiger partial charge in [-0.2, -0.15) is 9.78 Å². The molecule has 0 atom stereocenters. The molecule has 22 heavy (non-hydrogen) atoms. The average Bonchev–Trinajstić information content (AvgIpc) is 3.16. The summed E-state index contributed by atoms with van der Waals surface area (Å²) in [5, 5.41) is 4.38. The number of nitrogen functional groups attached to an aromatic ring is 1. The van der Waals surface area contributed by atoms with Gasteiger partial charge in [-0.3, -0.25) is 9.78 Å². The van der Waals surface area contributed by atoms with Crippen molar-refractivity contribution in [1.82, 2.24) is 19.7 Å². The number of fused-ring (bicyclic) bond motifs is 1. The summed E-state index contributed by atoms with van der Waals surface area (Å²) >= 11 is 0. The molecule has 0 aromatic carbocycles. The van der Waals surface area contributed by atoms with Crippen molar-refractivity contribution in [2.75, 3.05) is 5.73 Å². The minimum atomic E-state index is -0.103. The second-order valence-electron chi connectivity index (χ2n) is 5.37. The van der Waals surface area contributed by atoms with Gasteiger partial charge < -0.3 is 10.2 Å². The maximum Gasteiger partial charge on any atom is 0.255 e. The van der Waals surface area contributed by atoms with Crippen LogP contribution in [0.15, 0.2) is 33.7 Å². The molecule has 0 unspecified atom stereocenters. The number of hydrogen-bond donors (Lipinski definition) is 2. The van der Waals surface area contributed by atoms with E-state index < -0.39 is 0 Å². The van der Waals surface area contributed by atoms with Gasteiger partial charge in [-0.15, -0.1) is 0 Å². The van der Waals surface area contributed by atoms with Crippen molar-refractivity contribution in [3.05, 3.63) is 46.1 Å². The molecular weight excluding hydrogens is 282 g/mol. The Hall–Kier alpha value is -2.83. The topological polar surface area (TPSA) is 103 Å². The second kappa shape index (κ2) is 4.87. The Morgan fingerprint density at radius 1 is 1.32 bits per heavy atom. The Morgan fingerprint density at radius 3 is 3.00 bits per heavy atom. The molecular formula is C15H15N5O2. The first-order valence-electron chi connectivity index (χ1n) is 7.24. The van der Waals surface area contributed by atoms with Crippen LogP contribution in [0.25, 0.3) is 17.4 Å². The predicted octanol–water partition coefficient (Wildman–Crippen LogP) is 1.68. The number of nitrogens with one attached hydrogen (secondary N) is 1. The summed E-state index contributed by atoms with van der Waals surface area (Å²) < 4.78 is 6.75. The summed E-state index contributed by atoms with van der Waals surface area (Å²) in [4.78, 5) is 19.5. The van der Waals surface area contributed by atoms with Crippen molar-refractivity contribution >= 4 is 5.82 Å². The molecule has 1 aliphatic carbocycles. The van der Waals surface area contributed by atoms with Gasteiger partial charge in [0.2, 0.25) is 5.95 Å². The van der Waals surface area contributed by atoms with Gasteiger partial charge in [-0.05, 0) is 37.8 Å². The monoisotopic (exact) mass is 297 g/mol. The number of aromatic amines is 1. The maximum absolute atomic E-state index is 12.2. The summed E-state index contributed by atoms with van der Waals surface area (Å²) in [6.07, 6.45) is 5.25. The molecule has 0 saturated carbocycles. The third-order valence-electron chi connectivity index (χ3n) is 3.89. The van der Waals surface area contributed by atoms with Crippen molar-refractivity contribution in [3.8, 4) is 17.4 Å². The zero-order valence-corrected chi connectivity index (χ0v) is 11.9. The summed E-state index contributed by atoms with van der Waals surface area (Å²) in [6, 6.07) is 5.27. The molecule has 7 nitrogen and oxygen atoms in total. The predicted molar refractivity (Wildman–Crippen MR) is 80.7 cm³/mol. The third kappa shape index (κ3) is 2.02. The smallest absolute Gasteiger partial charge is 0.255 e.